The van der Waals surface area contributed by atoms with Crippen molar-refractivity contribution in [3.05, 3.63) is 36.2 Å². The Morgan fingerprint density at radius 3 is 2.10 bits per heavy atom. The van der Waals surface area contributed by atoms with Crippen LogP contribution in [0.15, 0.2) is 40.5 Å². The molecule has 3 aromatic rings. The molecule has 8 heteroatoms. The highest BCUT2D eigenvalue weighted by atomic mass is 32.2. The molecule has 0 aliphatic heterocycles. The van der Waals surface area contributed by atoms with Gasteiger partial charge in [0.15, 0.2) is 13.2 Å². The summed E-state index contributed by atoms with van der Waals surface area (Å²) in [7, 11) is 2.01. The molecule has 152 valence electrons. The van der Waals surface area contributed by atoms with Crippen LogP contribution in [-0.4, -0.2) is 37.7 Å². The lowest BCUT2D eigenvalue weighted by Crippen LogP contribution is -2.05. The second kappa shape index (κ2) is 9.82. The average molecular weight is 420 g/mol. The summed E-state index contributed by atoms with van der Waals surface area (Å²) >= 11 is 1.30. The highest BCUT2D eigenvalue weighted by Crippen LogP contribution is 2.36. The molecule has 30 heavy (non-hydrogen) atoms. The van der Waals surface area contributed by atoms with E-state index in [0.29, 0.717) is 5.16 Å². The van der Waals surface area contributed by atoms with Crippen LogP contribution < -0.4 is 9.47 Å². The Bertz CT molecular complexity index is 1060. The van der Waals surface area contributed by atoms with Crippen LogP contribution in [0.4, 0.5) is 0 Å². The lowest BCUT2D eigenvalue weighted by atomic mass is 10.1. The largest absolute Gasteiger partial charge is 0.450 e. The molecule has 2 aromatic heterocycles. The van der Waals surface area contributed by atoms with Gasteiger partial charge in [-0.25, -0.2) is 4.98 Å². The Balaban J connectivity index is 2.04. The lowest BCUT2D eigenvalue weighted by Gasteiger charge is -2.09. The minimum absolute atomic E-state index is 0.0268. The van der Waals surface area contributed by atoms with Gasteiger partial charge >= 0.3 is 12.0 Å². The lowest BCUT2D eigenvalue weighted by molar-refractivity contribution is 0.297. The number of ether oxygens (including phenoxy) is 2. The summed E-state index contributed by atoms with van der Waals surface area (Å²) in [4.78, 5) is 17.6. The molecule has 0 spiro atoms. The summed E-state index contributed by atoms with van der Waals surface area (Å²) < 4.78 is 12.8. The Labute approximate surface area is 180 Å². The first-order valence-electron chi connectivity index (χ1n) is 9.22. The Morgan fingerprint density at radius 1 is 0.967 bits per heavy atom. The molecule has 0 N–H and O–H groups in total. The van der Waals surface area contributed by atoms with Crippen LogP contribution in [0.1, 0.15) is 25.6 Å². The van der Waals surface area contributed by atoms with E-state index >= 15 is 0 Å². The predicted molar refractivity (Wildman–Crippen MR) is 115 cm³/mol. The van der Waals surface area contributed by atoms with E-state index in [2.05, 4.69) is 45.2 Å². The van der Waals surface area contributed by atoms with Crippen molar-refractivity contribution in [2.45, 2.75) is 29.9 Å². The molecule has 7 nitrogen and oxygen atoms in total. The van der Waals surface area contributed by atoms with Gasteiger partial charge in [0, 0.05) is 18.5 Å². The van der Waals surface area contributed by atoms with Crippen molar-refractivity contribution in [3.8, 4) is 48.0 Å². The maximum atomic E-state index is 5.37. The first-order valence-corrected chi connectivity index (χ1v) is 10.0. The first kappa shape index (κ1) is 21.2. The molecule has 0 atom stereocenters. The number of benzene rings is 1. The molecule has 3 rings (SSSR count). The third-order valence-corrected chi connectivity index (χ3v) is 4.84. The number of hydrogen-bond donors (Lipinski definition) is 0. The van der Waals surface area contributed by atoms with Gasteiger partial charge in [0.25, 0.3) is 0 Å². The van der Waals surface area contributed by atoms with Crippen molar-refractivity contribution in [3.63, 3.8) is 0 Å². The molecule has 2 heterocycles. The minimum atomic E-state index is 0.0268. The van der Waals surface area contributed by atoms with Crippen LogP contribution in [0.2, 0.25) is 0 Å². The van der Waals surface area contributed by atoms with E-state index in [0.717, 1.165) is 22.1 Å². The van der Waals surface area contributed by atoms with Crippen LogP contribution in [0, 0.1) is 24.7 Å². The van der Waals surface area contributed by atoms with Gasteiger partial charge in [-0.05, 0) is 11.8 Å². The van der Waals surface area contributed by atoms with Crippen LogP contribution in [0.5, 0.6) is 12.0 Å². The van der Waals surface area contributed by atoms with E-state index in [4.69, 9.17) is 27.3 Å². The normalized spacial score (nSPS) is 10.5. The van der Waals surface area contributed by atoms with Gasteiger partial charge in [-0.2, -0.15) is 9.97 Å². The van der Waals surface area contributed by atoms with E-state index in [-0.39, 0.29) is 31.2 Å². The number of imidazole rings is 1. The van der Waals surface area contributed by atoms with Crippen molar-refractivity contribution in [1.29, 1.82) is 0 Å². The maximum Gasteiger partial charge on any atom is 0.324 e. The van der Waals surface area contributed by atoms with Crippen LogP contribution in [0.25, 0.3) is 11.3 Å². The second-order valence-corrected chi connectivity index (χ2v) is 7.43. The van der Waals surface area contributed by atoms with Gasteiger partial charge in [0.1, 0.15) is 10.9 Å². The molecule has 0 amide bonds. The number of rotatable bonds is 8. The zero-order valence-electron chi connectivity index (χ0n) is 17.0. The predicted octanol–water partition coefficient (Wildman–Crippen LogP) is 3.57. The standard InChI is InChI=1S/C22H21N5O2S/c1-6-13-28-20-24-21(29-14-7-2)26-22(25-20)30-19-17(16-11-9-8-10-12-16)27(5)18(23-19)15(3)4/h1-2,8-12,15H,13-14H2,3-5H3. The van der Waals surface area contributed by atoms with Crippen LogP contribution in [-0.2, 0) is 7.05 Å². The minimum Gasteiger partial charge on any atom is -0.450 e. The quantitative estimate of drug-likeness (QED) is 0.517. The summed E-state index contributed by atoms with van der Waals surface area (Å²) in [6, 6.07) is 10.2. The molecule has 0 aliphatic carbocycles. The summed E-state index contributed by atoms with van der Waals surface area (Å²) in [6.07, 6.45) is 10.5. The molecule has 0 unspecified atom stereocenters. The molecule has 0 saturated heterocycles. The molecular weight excluding hydrogens is 398 g/mol. The Kier molecular flexibility index (Phi) is 6.95. The SMILES string of the molecule is C#CCOc1nc(OCC#C)nc(Sc2nc(C(C)C)n(C)c2-c2ccccc2)n1. The van der Waals surface area contributed by atoms with Gasteiger partial charge in [0.05, 0.1) is 5.69 Å². The van der Waals surface area contributed by atoms with Gasteiger partial charge in [-0.15, -0.1) is 17.8 Å². The number of aromatic nitrogens is 5. The summed E-state index contributed by atoms with van der Waals surface area (Å²) in [5.41, 5.74) is 2.02. The highest BCUT2D eigenvalue weighted by Gasteiger charge is 2.21. The average Bonchev–Trinajstić information content (AvgIpc) is 3.07. The van der Waals surface area contributed by atoms with Crippen molar-refractivity contribution < 1.29 is 9.47 Å². The first-order chi connectivity index (χ1) is 14.5. The zero-order valence-corrected chi connectivity index (χ0v) is 17.8. The van der Waals surface area contributed by atoms with E-state index < -0.39 is 0 Å². The van der Waals surface area contributed by atoms with E-state index in [1.165, 1.54) is 11.8 Å². The third kappa shape index (κ3) is 4.91. The van der Waals surface area contributed by atoms with Crippen molar-refractivity contribution in [2.24, 2.45) is 7.05 Å². The molecule has 0 saturated carbocycles. The summed E-state index contributed by atoms with van der Waals surface area (Å²) in [6.45, 7) is 4.26. The number of nitrogens with zero attached hydrogens (tertiary/aromatic N) is 5. The van der Waals surface area contributed by atoms with E-state index in [1.54, 1.807) is 0 Å². The zero-order chi connectivity index (χ0) is 21.5. The molecular formula is C22H21N5O2S. The van der Waals surface area contributed by atoms with Gasteiger partial charge in [-0.3, -0.25) is 0 Å². The van der Waals surface area contributed by atoms with Gasteiger partial charge in [0.2, 0.25) is 5.16 Å². The van der Waals surface area contributed by atoms with Crippen molar-refractivity contribution >= 4 is 11.8 Å². The fourth-order valence-corrected chi connectivity index (χ4v) is 3.70. The topological polar surface area (TPSA) is 75.0 Å². The van der Waals surface area contributed by atoms with Crippen molar-refractivity contribution in [2.75, 3.05) is 13.2 Å². The summed E-state index contributed by atoms with van der Waals surface area (Å²) in [5.74, 6) is 5.97. The van der Waals surface area contributed by atoms with E-state index in [9.17, 15) is 0 Å². The molecule has 0 fully saturated rings. The fourth-order valence-electron chi connectivity index (χ4n) is 2.78. The maximum absolute atomic E-state index is 5.37. The summed E-state index contributed by atoms with van der Waals surface area (Å²) in [5, 5.41) is 1.14. The number of hydrogen-bond acceptors (Lipinski definition) is 7. The molecule has 1 aromatic carbocycles. The van der Waals surface area contributed by atoms with Gasteiger partial charge in [-0.1, -0.05) is 56.0 Å². The molecule has 0 aliphatic rings. The van der Waals surface area contributed by atoms with E-state index in [1.807, 2.05) is 37.4 Å². The smallest absolute Gasteiger partial charge is 0.324 e. The Morgan fingerprint density at radius 2 is 1.57 bits per heavy atom. The fraction of sp³-hybridized carbons (Fsp3) is 0.273. The Hall–Kier alpha value is -3.49. The third-order valence-electron chi connectivity index (χ3n) is 3.99. The van der Waals surface area contributed by atoms with Crippen LogP contribution in [0.3, 0.4) is 0 Å². The molecule has 0 bridgehead atoms. The molecule has 0 radical (unpaired) electrons. The highest BCUT2D eigenvalue weighted by molar-refractivity contribution is 7.99. The second-order valence-electron chi connectivity index (χ2n) is 6.47. The van der Waals surface area contributed by atoms with Gasteiger partial charge < -0.3 is 14.0 Å². The monoisotopic (exact) mass is 419 g/mol. The van der Waals surface area contributed by atoms with Crippen molar-refractivity contribution in [1.82, 2.24) is 24.5 Å². The number of terminal acetylenes is 2. The van der Waals surface area contributed by atoms with Crippen LogP contribution >= 0.6 is 11.8 Å².